The molecule has 0 fully saturated rings. The van der Waals surface area contributed by atoms with Crippen LogP contribution in [0, 0.1) is 0 Å². The van der Waals surface area contributed by atoms with Crippen LogP contribution in [0.5, 0.6) is 17.2 Å². The third-order valence-corrected chi connectivity index (χ3v) is 5.34. The minimum absolute atomic E-state index is 0.184. The van der Waals surface area contributed by atoms with Crippen molar-refractivity contribution in [2.75, 3.05) is 21.3 Å². The van der Waals surface area contributed by atoms with Crippen LogP contribution in [0.25, 0.3) is 0 Å². The number of benzene rings is 3. The molecule has 0 saturated heterocycles. The maximum Gasteiger partial charge on any atom is 0.339 e. The van der Waals surface area contributed by atoms with Gasteiger partial charge in [-0.05, 0) is 72.2 Å². The smallest absolute Gasteiger partial charge is 0.339 e. The van der Waals surface area contributed by atoms with E-state index in [-0.39, 0.29) is 5.56 Å². The van der Waals surface area contributed by atoms with E-state index < -0.39 is 5.97 Å². The third kappa shape index (κ3) is 6.01. The highest BCUT2D eigenvalue weighted by atomic mass is 16.5. The Bertz CT molecular complexity index is 1000. The van der Waals surface area contributed by atoms with Crippen molar-refractivity contribution in [1.82, 2.24) is 0 Å². The summed E-state index contributed by atoms with van der Waals surface area (Å²) < 4.78 is 15.9. The first-order valence-corrected chi connectivity index (χ1v) is 10.2. The number of carboxylic acids is 1. The summed E-state index contributed by atoms with van der Waals surface area (Å²) in [6.07, 6.45) is 3.54. The molecule has 0 atom stereocenters. The van der Waals surface area contributed by atoms with Crippen LogP contribution in [-0.4, -0.2) is 32.4 Å². The minimum Gasteiger partial charge on any atom is -0.497 e. The lowest BCUT2D eigenvalue weighted by molar-refractivity contribution is 0.0693. The van der Waals surface area contributed by atoms with E-state index in [1.165, 1.54) is 23.8 Å². The summed E-state index contributed by atoms with van der Waals surface area (Å²) >= 11 is 0. The van der Waals surface area contributed by atoms with Gasteiger partial charge in [-0.1, -0.05) is 30.3 Å². The number of hydrogen-bond donors (Lipinski definition) is 1. The van der Waals surface area contributed by atoms with Crippen molar-refractivity contribution in [3.63, 3.8) is 0 Å². The molecule has 3 aromatic rings. The lowest BCUT2D eigenvalue weighted by atomic mass is 9.99. The van der Waals surface area contributed by atoms with Gasteiger partial charge < -0.3 is 19.3 Å². The lowest BCUT2D eigenvalue weighted by Gasteiger charge is -2.10. The average molecular weight is 421 g/mol. The van der Waals surface area contributed by atoms with Gasteiger partial charge in [-0.25, -0.2) is 4.79 Å². The number of methoxy groups -OCH3 is 3. The van der Waals surface area contributed by atoms with Crippen molar-refractivity contribution in [2.45, 2.75) is 25.7 Å². The van der Waals surface area contributed by atoms with E-state index >= 15 is 0 Å². The minimum atomic E-state index is -0.980. The second kappa shape index (κ2) is 10.5. The van der Waals surface area contributed by atoms with Crippen LogP contribution < -0.4 is 14.2 Å². The summed E-state index contributed by atoms with van der Waals surface area (Å²) in [7, 11) is 4.81. The quantitative estimate of drug-likeness (QED) is 0.501. The third-order valence-electron chi connectivity index (χ3n) is 5.34. The van der Waals surface area contributed by atoms with Gasteiger partial charge in [-0.3, -0.25) is 0 Å². The van der Waals surface area contributed by atoms with Gasteiger partial charge in [0.05, 0.1) is 21.3 Å². The Morgan fingerprint density at radius 3 is 1.61 bits per heavy atom. The average Bonchev–Trinajstić information content (AvgIpc) is 2.81. The summed E-state index contributed by atoms with van der Waals surface area (Å²) in [4.78, 5) is 11.2. The molecular formula is C26H28O5. The van der Waals surface area contributed by atoms with E-state index in [1.807, 2.05) is 24.3 Å². The van der Waals surface area contributed by atoms with Crippen LogP contribution in [0.3, 0.4) is 0 Å². The molecule has 31 heavy (non-hydrogen) atoms. The Morgan fingerprint density at radius 1 is 0.645 bits per heavy atom. The molecular weight excluding hydrogens is 392 g/mol. The lowest BCUT2D eigenvalue weighted by Crippen LogP contribution is -2.02. The Morgan fingerprint density at radius 2 is 1.13 bits per heavy atom. The van der Waals surface area contributed by atoms with Crippen molar-refractivity contribution in [3.8, 4) is 17.2 Å². The van der Waals surface area contributed by atoms with Gasteiger partial charge in [-0.2, -0.15) is 0 Å². The van der Waals surface area contributed by atoms with E-state index in [9.17, 15) is 9.90 Å². The van der Waals surface area contributed by atoms with Gasteiger partial charge in [0.2, 0.25) is 0 Å². The first kappa shape index (κ1) is 22.2. The molecule has 0 bridgehead atoms. The molecule has 0 unspecified atom stereocenters. The molecule has 0 heterocycles. The summed E-state index contributed by atoms with van der Waals surface area (Å²) in [6.45, 7) is 0. The maximum atomic E-state index is 11.2. The van der Waals surface area contributed by atoms with E-state index in [2.05, 4.69) is 24.3 Å². The van der Waals surface area contributed by atoms with Gasteiger partial charge in [0, 0.05) is 6.07 Å². The molecule has 1 N–H and O–H groups in total. The van der Waals surface area contributed by atoms with Crippen molar-refractivity contribution in [1.29, 1.82) is 0 Å². The molecule has 0 amide bonds. The molecule has 5 heteroatoms. The fourth-order valence-corrected chi connectivity index (χ4v) is 3.53. The van der Waals surface area contributed by atoms with E-state index in [0.29, 0.717) is 5.75 Å². The van der Waals surface area contributed by atoms with Crippen molar-refractivity contribution in [3.05, 3.63) is 88.5 Å². The van der Waals surface area contributed by atoms with Crippen molar-refractivity contribution in [2.24, 2.45) is 0 Å². The molecule has 0 radical (unpaired) electrons. The molecule has 162 valence electrons. The highest BCUT2D eigenvalue weighted by Crippen LogP contribution is 2.24. The Hall–Kier alpha value is -3.47. The first-order chi connectivity index (χ1) is 15.0. The second-order valence-electron chi connectivity index (χ2n) is 7.38. The van der Waals surface area contributed by atoms with Gasteiger partial charge in [0.25, 0.3) is 0 Å². The van der Waals surface area contributed by atoms with Crippen LogP contribution in [0.1, 0.15) is 32.6 Å². The Balaban J connectivity index is 1.58. The van der Waals surface area contributed by atoms with Gasteiger partial charge in [0.15, 0.2) is 0 Å². The van der Waals surface area contributed by atoms with Gasteiger partial charge in [0.1, 0.15) is 22.8 Å². The number of aryl methyl sites for hydroxylation is 4. The van der Waals surface area contributed by atoms with Gasteiger partial charge in [-0.15, -0.1) is 0 Å². The van der Waals surface area contributed by atoms with Crippen LogP contribution in [-0.2, 0) is 25.7 Å². The number of carboxylic acid groups (broad SMARTS) is 1. The normalized spacial score (nSPS) is 10.5. The van der Waals surface area contributed by atoms with Crippen LogP contribution in [0.4, 0.5) is 0 Å². The van der Waals surface area contributed by atoms with E-state index in [4.69, 9.17) is 14.2 Å². The van der Waals surface area contributed by atoms with Crippen molar-refractivity contribution < 1.29 is 24.1 Å². The number of hydrogen-bond acceptors (Lipinski definition) is 4. The fraction of sp³-hybridized carbons (Fsp3) is 0.269. The summed E-state index contributed by atoms with van der Waals surface area (Å²) in [5, 5.41) is 9.20. The van der Waals surface area contributed by atoms with Crippen molar-refractivity contribution >= 4 is 5.97 Å². The highest BCUT2D eigenvalue weighted by Gasteiger charge is 2.11. The predicted octanol–water partition coefficient (Wildman–Crippen LogP) is 4.98. The largest absolute Gasteiger partial charge is 0.497 e. The predicted molar refractivity (Wildman–Crippen MR) is 121 cm³/mol. The zero-order valence-electron chi connectivity index (χ0n) is 18.2. The molecule has 5 nitrogen and oxygen atoms in total. The second-order valence-corrected chi connectivity index (χ2v) is 7.38. The monoisotopic (exact) mass is 420 g/mol. The molecule has 3 rings (SSSR count). The zero-order valence-corrected chi connectivity index (χ0v) is 18.2. The fourth-order valence-electron chi connectivity index (χ4n) is 3.53. The highest BCUT2D eigenvalue weighted by molar-refractivity contribution is 5.90. The molecule has 0 aliphatic rings. The molecule has 0 saturated carbocycles. The Labute approximate surface area is 183 Å². The first-order valence-electron chi connectivity index (χ1n) is 10.2. The summed E-state index contributed by atoms with van der Waals surface area (Å²) in [6, 6.07) is 19.9. The van der Waals surface area contributed by atoms with E-state index in [1.54, 1.807) is 26.4 Å². The molecule has 0 aromatic heterocycles. The number of rotatable bonds is 10. The number of ether oxygens (including phenoxy) is 3. The summed E-state index contributed by atoms with van der Waals surface area (Å²) in [5.74, 6) is 1.02. The number of carbonyl (C=O) groups is 1. The Kier molecular flexibility index (Phi) is 7.55. The molecule has 0 spiro atoms. The standard InChI is InChI=1S/C26H28O5/c1-29-22-14-21(15-23(17-22)30-2)11-9-19-6-4-18(5-7-19)8-10-20-12-13-24(26(27)28)25(16-20)31-3/h4-7,12-17H,8-11H2,1-3H3,(H,27,28). The number of aromatic carboxylic acids is 1. The molecule has 3 aromatic carbocycles. The van der Waals surface area contributed by atoms with Crippen LogP contribution >= 0.6 is 0 Å². The molecule has 0 aliphatic carbocycles. The SMILES string of the molecule is COc1cc(CCc2ccc(CCc3ccc(C(=O)O)c(OC)c3)cc2)cc(OC)c1. The summed E-state index contributed by atoms with van der Waals surface area (Å²) in [5.41, 5.74) is 4.94. The molecule has 0 aliphatic heterocycles. The topological polar surface area (TPSA) is 65.0 Å². The van der Waals surface area contributed by atoms with Gasteiger partial charge >= 0.3 is 5.97 Å². The van der Waals surface area contributed by atoms with Crippen LogP contribution in [0.2, 0.25) is 0 Å². The zero-order chi connectivity index (χ0) is 22.2. The van der Waals surface area contributed by atoms with Crippen LogP contribution in [0.15, 0.2) is 60.7 Å². The van der Waals surface area contributed by atoms with E-state index in [0.717, 1.165) is 42.7 Å². The maximum absolute atomic E-state index is 11.2.